The third-order valence-electron chi connectivity index (χ3n) is 4.65. The summed E-state index contributed by atoms with van der Waals surface area (Å²) in [6, 6.07) is 8.99. The van der Waals surface area contributed by atoms with Crippen LogP contribution < -0.4 is 5.32 Å². The summed E-state index contributed by atoms with van der Waals surface area (Å²) >= 11 is 6.12. The number of halogens is 5. The molecule has 0 aromatic heterocycles. The molecule has 3 nitrogen and oxygen atoms in total. The van der Waals surface area contributed by atoms with E-state index in [1.807, 2.05) is 48.5 Å². The Balaban J connectivity index is 0.00000158. The highest BCUT2D eigenvalue weighted by Gasteiger charge is 2.50. The van der Waals surface area contributed by atoms with E-state index in [1.54, 1.807) is 18.2 Å². The molecule has 1 N–H and O–H groups in total. The third kappa shape index (κ3) is 7.36. The van der Waals surface area contributed by atoms with Crippen LogP contribution in [0.3, 0.4) is 0 Å². The molecule has 0 fully saturated rings. The molecule has 0 bridgehead atoms. The Labute approximate surface area is 200 Å². The van der Waals surface area contributed by atoms with Crippen molar-refractivity contribution < 1.29 is 22.4 Å². The number of hydrogen-bond acceptors (Lipinski definition) is 1. The second-order valence-corrected chi connectivity index (χ2v) is 6.87. The van der Waals surface area contributed by atoms with Crippen LogP contribution in [0.5, 0.6) is 0 Å². The quantitative estimate of drug-likeness (QED) is 0.426. The topological polar surface area (TPSA) is 32.3 Å². The van der Waals surface area contributed by atoms with Gasteiger partial charge in [-0.2, -0.15) is 13.2 Å². The van der Waals surface area contributed by atoms with E-state index < -0.39 is 30.1 Å². The Bertz CT molecular complexity index is 856. The molecule has 2 aromatic carbocycles. The van der Waals surface area contributed by atoms with Gasteiger partial charge in [-0.25, -0.2) is 9.18 Å². The standard InChI is InChI=1S/C19H17ClF4N2O.3C2H6/c1-2-9-18(12-3-6-14(21)7-4-12)15-10-13(20)5-8-16(15)25-17(27)26(18)11-19(22,23)24;3*1-2/h3-8,10H,2,9,11H2,1H3,(H,25,27);3*1-2H3. The van der Waals surface area contributed by atoms with Crippen LogP contribution in [0.1, 0.15) is 72.4 Å². The Morgan fingerprint density at radius 2 is 1.52 bits per heavy atom. The predicted octanol–water partition coefficient (Wildman–Crippen LogP) is 9.01. The van der Waals surface area contributed by atoms with Crippen molar-refractivity contribution in [3.05, 3.63) is 64.4 Å². The fraction of sp³-hybridized carbons (Fsp3) is 0.480. The van der Waals surface area contributed by atoms with Gasteiger partial charge in [0.15, 0.2) is 0 Å². The molecule has 1 aliphatic heterocycles. The van der Waals surface area contributed by atoms with Crippen LogP contribution in [0.15, 0.2) is 42.5 Å². The number of carbonyl (C=O) groups excluding carboxylic acids is 1. The first-order valence-corrected chi connectivity index (χ1v) is 11.8. The van der Waals surface area contributed by atoms with E-state index in [9.17, 15) is 22.4 Å². The van der Waals surface area contributed by atoms with Crippen molar-refractivity contribution in [3.63, 3.8) is 0 Å². The Kier molecular flexibility index (Phi) is 13.1. The number of rotatable bonds is 4. The lowest BCUT2D eigenvalue weighted by Gasteiger charge is -2.49. The number of nitrogens with one attached hydrogen (secondary N) is 1. The van der Waals surface area contributed by atoms with Gasteiger partial charge < -0.3 is 10.2 Å². The number of carbonyl (C=O) groups is 1. The number of benzene rings is 2. The summed E-state index contributed by atoms with van der Waals surface area (Å²) in [6.07, 6.45) is -3.90. The number of hydrogen-bond donors (Lipinski definition) is 1. The summed E-state index contributed by atoms with van der Waals surface area (Å²) in [7, 11) is 0. The first kappa shape index (κ1) is 30.7. The lowest BCUT2D eigenvalue weighted by Crippen LogP contribution is -2.58. The largest absolute Gasteiger partial charge is 0.406 e. The molecule has 1 heterocycles. The van der Waals surface area contributed by atoms with E-state index in [1.165, 1.54) is 24.3 Å². The fourth-order valence-corrected chi connectivity index (χ4v) is 3.84. The zero-order valence-electron chi connectivity index (χ0n) is 20.4. The van der Waals surface area contributed by atoms with E-state index in [0.717, 1.165) is 4.90 Å². The van der Waals surface area contributed by atoms with Crippen LogP contribution in [-0.2, 0) is 5.54 Å². The van der Waals surface area contributed by atoms with Crippen molar-refractivity contribution in [1.82, 2.24) is 4.90 Å². The van der Waals surface area contributed by atoms with Crippen molar-refractivity contribution in [3.8, 4) is 0 Å². The molecule has 3 rings (SSSR count). The minimum absolute atomic E-state index is 0.218. The molecule has 33 heavy (non-hydrogen) atoms. The van der Waals surface area contributed by atoms with Gasteiger partial charge in [-0.1, -0.05) is 78.6 Å². The van der Waals surface area contributed by atoms with Gasteiger partial charge in [0.25, 0.3) is 0 Å². The molecule has 0 saturated carbocycles. The van der Waals surface area contributed by atoms with Crippen LogP contribution >= 0.6 is 11.6 Å². The molecule has 186 valence electrons. The van der Waals surface area contributed by atoms with Crippen molar-refractivity contribution in [2.45, 2.75) is 73.0 Å². The first-order chi connectivity index (χ1) is 15.7. The van der Waals surface area contributed by atoms with Crippen LogP contribution in [-0.4, -0.2) is 23.7 Å². The van der Waals surface area contributed by atoms with Crippen molar-refractivity contribution >= 4 is 23.3 Å². The summed E-state index contributed by atoms with van der Waals surface area (Å²) in [6.45, 7) is 12.4. The predicted molar refractivity (Wildman–Crippen MR) is 129 cm³/mol. The molecule has 0 saturated heterocycles. The van der Waals surface area contributed by atoms with Gasteiger partial charge in [0, 0.05) is 16.3 Å². The van der Waals surface area contributed by atoms with E-state index in [4.69, 9.17) is 11.6 Å². The molecule has 1 unspecified atom stereocenters. The van der Waals surface area contributed by atoms with Gasteiger partial charge in [-0.15, -0.1) is 0 Å². The zero-order chi connectivity index (χ0) is 25.8. The maximum atomic E-state index is 13.5. The molecule has 1 aliphatic rings. The summed E-state index contributed by atoms with van der Waals surface area (Å²) < 4.78 is 53.4. The first-order valence-electron chi connectivity index (χ1n) is 11.4. The van der Waals surface area contributed by atoms with Crippen molar-refractivity contribution in [2.75, 3.05) is 11.9 Å². The minimum Gasteiger partial charge on any atom is -0.307 e. The smallest absolute Gasteiger partial charge is 0.307 e. The molecule has 2 aromatic rings. The van der Waals surface area contributed by atoms with Crippen molar-refractivity contribution in [1.29, 1.82) is 0 Å². The fourth-order valence-electron chi connectivity index (χ4n) is 3.67. The average Bonchev–Trinajstić information content (AvgIpc) is 2.81. The molecule has 8 heteroatoms. The monoisotopic (exact) mass is 490 g/mol. The van der Waals surface area contributed by atoms with E-state index in [-0.39, 0.29) is 6.42 Å². The number of urea groups is 1. The number of anilines is 1. The minimum atomic E-state index is -4.60. The van der Waals surface area contributed by atoms with Gasteiger partial charge in [0.2, 0.25) is 0 Å². The number of nitrogens with zero attached hydrogens (tertiary/aromatic N) is 1. The second-order valence-electron chi connectivity index (χ2n) is 6.44. The number of fused-ring (bicyclic) bond motifs is 1. The normalized spacial score (nSPS) is 16.6. The van der Waals surface area contributed by atoms with Crippen LogP contribution in [0.25, 0.3) is 0 Å². The molecular weight excluding hydrogens is 456 g/mol. The maximum Gasteiger partial charge on any atom is 0.406 e. The lowest BCUT2D eigenvalue weighted by atomic mass is 9.76. The molecule has 0 aliphatic carbocycles. The van der Waals surface area contributed by atoms with Gasteiger partial charge in [-0.05, 0) is 42.3 Å². The summed E-state index contributed by atoms with van der Waals surface area (Å²) in [5.41, 5.74) is -0.179. The molecule has 1 atom stereocenters. The summed E-state index contributed by atoms with van der Waals surface area (Å²) in [5.74, 6) is -0.514. The molecule has 0 spiro atoms. The Morgan fingerprint density at radius 1 is 0.970 bits per heavy atom. The van der Waals surface area contributed by atoms with E-state index in [0.29, 0.717) is 28.3 Å². The summed E-state index contributed by atoms with van der Waals surface area (Å²) in [5, 5.41) is 2.84. The SMILES string of the molecule is CC.CC.CC.CCCC1(c2ccc(F)cc2)c2cc(Cl)ccc2NC(=O)N1CC(F)(F)F. The third-order valence-corrected chi connectivity index (χ3v) is 4.88. The maximum absolute atomic E-state index is 13.5. The molecule has 2 amide bonds. The van der Waals surface area contributed by atoms with E-state index in [2.05, 4.69) is 5.32 Å². The highest BCUT2D eigenvalue weighted by atomic mass is 35.5. The molecule has 0 radical (unpaired) electrons. The second kappa shape index (κ2) is 14.1. The lowest BCUT2D eigenvalue weighted by molar-refractivity contribution is -0.149. The Hall–Kier alpha value is -2.28. The molecular formula is C25H35ClF4N2O. The van der Waals surface area contributed by atoms with E-state index >= 15 is 0 Å². The average molecular weight is 491 g/mol. The summed E-state index contributed by atoms with van der Waals surface area (Å²) in [4.78, 5) is 13.4. The van der Waals surface area contributed by atoms with Crippen molar-refractivity contribution in [2.24, 2.45) is 0 Å². The van der Waals surface area contributed by atoms with Gasteiger partial charge in [0.1, 0.15) is 12.4 Å². The van der Waals surface area contributed by atoms with Gasteiger partial charge in [0.05, 0.1) is 5.54 Å². The van der Waals surface area contributed by atoms with Gasteiger partial charge >= 0.3 is 12.2 Å². The van der Waals surface area contributed by atoms with Crippen LogP contribution in [0.2, 0.25) is 5.02 Å². The zero-order valence-corrected chi connectivity index (χ0v) is 21.2. The number of amides is 2. The van der Waals surface area contributed by atoms with Crippen LogP contribution in [0, 0.1) is 5.82 Å². The highest BCUT2D eigenvalue weighted by molar-refractivity contribution is 6.30. The van der Waals surface area contributed by atoms with Gasteiger partial charge in [-0.3, -0.25) is 0 Å². The Morgan fingerprint density at radius 3 is 2.00 bits per heavy atom. The van der Waals surface area contributed by atoms with Crippen LogP contribution in [0.4, 0.5) is 28.0 Å². The highest BCUT2D eigenvalue weighted by Crippen LogP contribution is 2.48. The number of alkyl halides is 3.